The molecule has 0 spiro atoms. The van der Waals surface area contributed by atoms with Crippen LogP contribution in [0.5, 0.6) is 5.75 Å². The number of hydrogen-bond acceptors (Lipinski definition) is 6. The molecule has 35 heavy (non-hydrogen) atoms. The van der Waals surface area contributed by atoms with Crippen molar-refractivity contribution in [1.29, 1.82) is 0 Å². The highest BCUT2D eigenvalue weighted by atomic mass is 32.2. The molecule has 0 saturated carbocycles. The first-order valence-electron chi connectivity index (χ1n) is 12.1. The van der Waals surface area contributed by atoms with Crippen LogP contribution in [0.2, 0.25) is 0 Å². The first-order valence-corrected chi connectivity index (χ1v) is 13.0. The van der Waals surface area contributed by atoms with Crippen molar-refractivity contribution in [3.8, 4) is 5.75 Å². The maximum absolute atomic E-state index is 13.3. The number of carbonyl (C=O) groups excluding carboxylic acids is 1. The van der Waals surface area contributed by atoms with Crippen LogP contribution in [0.4, 0.5) is 0 Å². The van der Waals surface area contributed by atoms with Crippen molar-refractivity contribution < 1.29 is 24.9 Å². The van der Waals surface area contributed by atoms with E-state index in [0.29, 0.717) is 12.8 Å². The van der Waals surface area contributed by atoms with Gasteiger partial charge in [-0.15, -0.1) is 0 Å². The Labute approximate surface area is 213 Å². The van der Waals surface area contributed by atoms with Crippen molar-refractivity contribution in [3.63, 3.8) is 0 Å². The van der Waals surface area contributed by atoms with Gasteiger partial charge in [0.05, 0.1) is 6.61 Å². The molecule has 1 aliphatic heterocycles. The summed E-state index contributed by atoms with van der Waals surface area (Å²) in [4.78, 5) is 14.4. The fourth-order valence-corrected chi connectivity index (χ4v) is 5.75. The minimum absolute atomic E-state index is 0.00887. The Morgan fingerprint density at radius 1 is 1.09 bits per heavy atom. The Kier molecular flexibility index (Phi) is 7.97. The Morgan fingerprint density at radius 3 is 2.31 bits per heavy atom. The summed E-state index contributed by atoms with van der Waals surface area (Å²) in [6.45, 7) is 14.0. The van der Waals surface area contributed by atoms with Gasteiger partial charge in [-0.1, -0.05) is 64.6 Å². The number of phenolic OH excluding ortho intramolecular Hbond substituents is 1. The van der Waals surface area contributed by atoms with Crippen molar-refractivity contribution in [2.24, 2.45) is 5.92 Å². The standard InChI is InChI=1S/C29H38O5S/c1-17(2)29(11-10-20-8-9-23(31)19(4)12-20)15-24(32)26(27(33)34-29)35-25-13-18(3)21(16-30)14-22(25)28(5,6)7/h8-9,12-14,17,30-32H,10-11,15-16H2,1-7H3. The zero-order valence-electron chi connectivity index (χ0n) is 21.9. The molecule has 0 amide bonds. The van der Waals surface area contributed by atoms with Crippen LogP contribution in [0.15, 0.2) is 45.9 Å². The first-order chi connectivity index (χ1) is 16.3. The van der Waals surface area contributed by atoms with Crippen molar-refractivity contribution >= 4 is 17.7 Å². The third-order valence-electron chi connectivity index (χ3n) is 6.99. The van der Waals surface area contributed by atoms with Crippen LogP contribution in [0, 0.1) is 19.8 Å². The topological polar surface area (TPSA) is 87.0 Å². The summed E-state index contributed by atoms with van der Waals surface area (Å²) in [7, 11) is 0. The summed E-state index contributed by atoms with van der Waals surface area (Å²) in [6.07, 6.45) is 1.49. The van der Waals surface area contributed by atoms with Crippen LogP contribution in [-0.4, -0.2) is 26.9 Å². The van der Waals surface area contributed by atoms with Crippen molar-refractivity contribution in [1.82, 2.24) is 0 Å². The Morgan fingerprint density at radius 2 is 1.77 bits per heavy atom. The van der Waals surface area contributed by atoms with Crippen molar-refractivity contribution in [2.75, 3.05) is 0 Å². The molecule has 190 valence electrons. The molecule has 1 aliphatic rings. The molecule has 3 N–H and O–H groups in total. The predicted octanol–water partition coefficient (Wildman–Crippen LogP) is 6.64. The number of carbonyl (C=O) groups is 1. The number of hydrogen-bond donors (Lipinski definition) is 3. The summed E-state index contributed by atoms with van der Waals surface area (Å²) in [6, 6.07) is 9.47. The van der Waals surface area contributed by atoms with Gasteiger partial charge in [0.25, 0.3) is 0 Å². The smallest absolute Gasteiger partial charge is 0.349 e. The number of thioether (sulfide) groups is 1. The van der Waals surface area contributed by atoms with E-state index in [0.717, 1.165) is 32.7 Å². The monoisotopic (exact) mass is 498 g/mol. The maximum atomic E-state index is 13.3. The number of benzene rings is 2. The van der Waals surface area contributed by atoms with E-state index >= 15 is 0 Å². The van der Waals surface area contributed by atoms with Crippen LogP contribution in [0.25, 0.3) is 0 Å². The van der Waals surface area contributed by atoms with Crippen LogP contribution in [0.1, 0.15) is 75.3 Å². The molecule has 1 atom stereocenters. The predicted molar refractivity (Wildman–Crippen MR) is 141 cm³/mol. The Bertz CT molecular complexity index is 1140. The van der Waals surface area contributed by atoms with Crippen molar-refractivity contribution in [2.45, 2.75) is 90.2 Å². The molecule has 1 heterocycles. The molecule has 0 radical (unpaired) electrons. The highest BCUT2D eigenvalue weighted by Crippen LogP contribution is 2.45. The van der Waals surface area contributed by atoms with Gasteiger partial charge < -0.3 is 20.1 Å². The van der Waals surface area contributed by atoms with E-state index in [1.807, 2.05) is 52.0 Å². The average molecular weight is 499 g/mol. The summed E-state index contributed by atoms with van der Waals surface area (Å²) >= 11 is 1.24. The van der Waals surface area contributed by atoms with Crippen LogP contribution in [0.3, 0.4) is 0 Å². The van der Waals surface area contributed by atoms with Gasteiger partial charge in [-0.25, -0.2) is 4.79 Å². The number of phenols is 1. The van der Waals surface area contributed by atoms with E-state index in [1.54, 1.807) is 6.07 Å². The van der Waals surface area contributed by atoms with E-state index in [9.17, 15) is 20.1 Å². The fraction of sp³-hybridized carbons (Fsp3) is 0.483. The molecule has 0 fully saturated rings. The third-order valence-corrected chi connectivity index (χ3v) is 8.15. The van der Waals surface area contributed by atoms with Crippen LogP contribution >= 0.6 is 11.8 Å². The number of esters is 1. The van der Waals surface area contributed by atoms with Gasteiger partial charge in [0.1, 0.15) is 22.0 Å². The zero-order valence-corrected chi connectivity index (χ0v) is 22.7. The number of aliphatic hydroxyl groups excluding tert-OH is 2. The van der Waals surface area contributed by atoms with Gasteiger partial charge in [0, 0.05) is 11.3 Å². The van der Waals surface area contributed by atoms with E-state index in [4.69, 9.17) is 4.74 Å². The highest BCUT2D eigenvalue weighted by molar-refractivity contribution is 8.04. The first kappa shape index (κ1) is 27.2. The molecular formula is C29H38O5S. The fourth-order valence-electron chi connectivity index (χ4n) is 4.51. The average Bonchev–Trinajstić information content (AvgIpc) is 2.76. The molecule has 6 heteroatoms. The maximum Gasteiger partial charge on any atom is 0.349 e. The summed E-state index contributed by atoms with van der Waals surface area (Å²) < 4.78 is 6.10. The third kappa shape index (κ3) is 5.87. The van der Waals surface area contributed by atoms with Gasteiger partial charge in [0.2, 0.25) is 0 Å². The lowest BCUT2D eigenvalue weighted by atomic mass is 9.80. The Hall–Kier alpha value is -2.44. The highest BCUT2D eigenvalue weighted by Gasteiger charge is 2.44. The molecule has 1 unspecified atom stereocenters. The molecule has 3 rings (SSSR count). The number of rotatable bonds is 7. The number of aryl methyl sites for hydroxylation is 3. The van der Waals surface area contributed by atoms with Crippen molar-refractivity contribution in [3.05, 3.63) is 68.8 Å². The van der Waals surface area contributed by atoms with E-state index in [2.05, 4.69) is 20.8 Å². The zero-order chi connectivity index (χ0) is 26.1. The molecule has 0 aromatic heterocycles. The molecular weight excluding hydrogens is 460 g/mol. The molecule has 5 nitrogen and oxygen atoms in total. The second-order valence-electron chi connectivity index (χ2n) is 11.0. The molecule has 0 aliphatic carbocycles. The second kappa shape index (κ2) is 10.3. The minimum atomic E-state index is -0.805. The SMILES string of the molecule is Cc1cc(CCC2(C(C)C)CC(O)=C(Sc3cc(C)c(CO)cc3C(C)(C)C)C(=O)O2)ccc1O. The van der Waals surface area contributed by atoms with Gasteiger partial charge in [0.15, 0.2) is 0 Å². The van der Waals surface area contributed by atoms with Gasteiger partial charge >= 0.3 is 5.97 Å². The lowest BCUT2D eigenvalue weighted by Gasteiger charge is -2.40. The summed E-state index contributed by atoms with van der Waals surface area (Å²) in [5.74, 6) is -0.172. The van der Waals surface area contributed by atoms with Crippen LogP contribution < -0.4 is 0 Å². The Balaban J connectivity index is 1.91. The number of aliphatic hydroxyl groups is 2. The normalized spacial score (nSPS) is 18.8. The van der Waals surface area contributed by atoms with E-state index in [-0.39, 0.29) is 40.8 Å². The molecule has 2 aromatic rings. The van der Waals surface area contributed by atoms with Gasteiger partial charge in [-0.3, -0.25) is 0 Å². The lowest BCUT2D eigenvalue weighted by Crippen LogP contribution is -2.44. The number of ether oxygens (including phenoxy) is 1. The van der Waals surface area contributed by atoms with E-state index < -0.39 is 11.6 Å². The largest absolute Gasteiger partial charge is 0.511 e. The van der Waals surface area contributed by atoms with Gasteiger partial charge in [-0.05, 0) is 78.0 Å². The molecule has 0 saturated heterocycles. The lowest BCUT2D eigenvalue weighted by molar-refractivity contribution is -0.164. The van der Waals surface area contributed by atoms with Gasteiger partial charge in [-0.2, -0.15) is 0 Å². The molecule has 2 aromatic carbocycles. The number of cyclic esters (lactones) is 1. The van der Waals surface area contributed by atoms with Crippen LogP contribution in [-0.2, 0) is 28.0 Å². The summed E-state index contributed by atoms with van der Waals surface area (Å²) in [5.41, 5.74) is 3.64. The summed E-state index contributed by atoms with van der Waals surface area (Å²) in [5, 5.41) is 30.7. The quantitative estimate of drug-likeness (QED) is 0.371. The van der Waals surface area contributed by atoms with E-state index in [1.165, 1.54) is 11.8 Å². The number of aromatic hydroxyl groups is 1. The second-order valence-corrected chi connectivity index (χ2v) is 12.0. The minimum Gasteiger partial charge on any atom is -0.511 e. The molecule has 0 bridgehead atoms.